The van der Waals surface area contributed by atoms with Gasteiger partial charge in [-0.15, -0.1) is 0 Å². The van der Waals surface area contributed by atoms with Gasteiger partial charge in [0.2, 0.25) is 0 Å². The summed E-state index contributed by atoms with van der Waals surface area (Å²) < 4.78 is 6.22. The van der Waals surface area contributed by atoms with Crippen LogP contribution in [0.15, 0.2) is 0 Å². The molecule has 0 spiro atoms. The van der Waals surface area contributed by atoms with E-state index in [1.165, 1.54) is 0 Å². The summed E-state index contributed by atoms with van der Waals surface area (Å²) in [5.41, 5.74) is 0. The highest BCUT2D eigenvalue weighted by Gasteiger charge is 2.37. The van der Waals surface area contributed by atoms with E-state index in [9.17, 15) is 0 Å². The zero-order valence-electron chi connectivity index (χ0n) is 13.0. The number of piperazine rings is 1. The average Bonchev–Trinajstić information content (AvgIpc) is 2.28. The van der Waals surface area contributed by atoms with Crippen LogP contribution in [-0.2, 0) is 4.43 Å². The van der Waals surface area contributed by atoms with E-state index in [1.54, 1.807) is 0 Å². The van der Waals surface area contributed by atoms with Crippen molar-refractivity contribution in [3.8, 4) is 0 Å². The molecule has 0 atom stereocenters. The lowest BCUT2D eigenvalue weighted by atomic mass is 10.2. The molecule has 0 unspecified atom stereocenters. The maximum atomic E-state index is 6.22. The predicted octanol–water partition coefficient (Wildman–Crippen LogP) is 2.46. The van der Waals surface area contributed by atoms with E-state index in [1.807, 2.05) is 0 Å². The number of hydrogen-bond donors (Lipinski definition) is 0. The predicted molar refractivity (Wildman–Crippen MR) is 81.4 cm³/mol. The molecule has 1 heterocycles. The third kappa shape index (κ3) is 4.65. The fraction of sp³-hybridized carbons (Fsp3) is 0.929. The second kappa shape index (κ2) is 6.50. The molecule has 0 N–H and O–H groups in total. The normalized spacial score (nSPS) is 20.3. The lowest BCUT2D eigenvalue weighted by Gasteiger charge is -2.38. The molecule has 4 heteroatoms. The van der Waals surface area contributed by atoms with Crippen molar-refractivity contribution >= 4 is 8.32 Å². The van der Waals surface area contributed by atoms with E-state index in [0.717, 1.165) is 45.9 Å². The van der Waals surface area contributed by atoms with E-state index >= 15 is 0 Å². The molecule has 0 aromatic heterocycles. The highest BCUT2D eigenvalue weighted by Crippen LogP contribution is 2.36. The monoisotopic (exact) mass is 271 g/mol. The highest BCUT2D eigenvalue weighted by atomic mass is 28.4. The topological polar surface area (TPSA) is 15.7 Å². The van der Waals surface area contributed by atoms with Crippen LogP contribution in [0.2, 0.25) is 18.1 Å². The molecular formula is C14H31N2OSi. The minimum atomic E-state index is -1.56. The van der Waals surface area contributed by atoms with Crippen LogP contribution in [0.5, 0.6) is 0 Å². The van der Waals surface area contributed by atoms with E-state index in [0.29, 0.717) is 5.04 Å². The van der Waals surface area contributed by atoms with Crippen LogP contribution in [0.3, 0.4) is 0 Å². The summed E-state index contributed by atoms with van der Waals surface area (Å²) in [4.78, 5) is 4.92. The van der Waals surface area contributed by atoms with Crippen molar-refractivity contribution in [2.75, 3.05) is 45.9 Å². The number of hydrogen-bond acceptors (Lipinski definition) is 3. The first-order chi connectivity index (χ1) is 8.26. The summed E-state index contributed by atoms with van der Waals surface area (Å²) >= 11 is 0. The van der Waals surface area contributed by atoms with E-state index in [-0.39, 0.29) is 0 Å². The van der Waals surface area contributed by atoms with Crippen LogP contribution in [0.1, 0.15) is 20.8 Å². The van der Waals surface area contributed by atoms with Gasteiger partial charge in [0.15, 0.2) is 8.32 Å². The van der Waals surface area contributed by atoms with Crippen molar-refractivity contribution in [2.24, 2.45) is 0 Å². The van der Waals surface area contributed by atoms with Gasteiger partial charge in [-0.3, -0.25) is 4.90 Å². The summed E-state index contributed by atoms with van der Waals surface area (Å²) in [6, 6.07) is 0. The van der Waals surface area contributed by atoms with Gasteiger partial charge in [-0.05, 0) is 31.6 Å². The Bertz CT molecular complexity index is 243. The van der Waals surface area contributed by atoms with Crippen molar-refractivity contribution < 1.29 is 4.43 Å². The maximum Gasteiger partial charge on any atom is 0.192 e. The van der Waals surface area contributed by atoms with E-state index < -0.39 is 8.32 Å². The Morgan fingerprint density at radius 2 is 1.56 bits per heavy atom. The van der Waals surface area contributed by atoms with Crippen LogP contribution < -0.4 is 0 Å². The van der Waals surface area contributed by atoms with Crippen LogP contribution in [0.25, 0.3) is 0 Å². The van der Waals surface area contributed by atoms with Gasteiger partial charge in [0.1, 0.15) is 0 Å². The van der Waals surface area contributed by atoms with Crippen LogP contribution in [0.4, 0.5) is 0 Å². The van der Waals surface area contributed by atoms with Gasteiger partial charge in [0.05, 0.1) is 0 Å². The molecule has 3 nitrogen and oxygen atoms in total. The fourth-order valence-electron chi connectivity index (χ4n) is 1.88. The Hall–Kier alpha value is 0.0969. The summed E-state index contributed by atoms with van der Waals surface area (Å²) in [5.74, 6) is 0. The average molecular weight is 272 g/mol. The first-order valence-electron chi connectivity index (χ1n) is 7.14. The first kappa shape index (κ1) is 16.2. The molecule has 0 aromatic rings. The molecule has 1 radical (unpaired) electrons. The zero-order chi connectivity index (χ0) is 13.8. The Labute approximate surface area is 115 Å². The molecular weight excluding hydrogens is 240 g/mol. The van der Waals surface area contributed by atoms with Crippen LogP contribution in [0, 0.1) is 6.92 Å². The third-order valence-corrected chi connectivity index (χ3v) is 9.00. The van der Waals surface area contributed by atoms with Crippen LogP contribution >= 0.6 is 0 Å². The van der Waals surface area contributed by atoms with Gasteiger partial charge in [-0.25, -0.2) is 0 Å². The number of rotatable bonds is 5. The molecule has 0 saturated carbocycles. The van der Waals surface area contributed by atoms with Gasteiger partial charge in [-0.2, -0.15) is 0 Å². The molecule has 1 aliphatic rings. The molecule has 1 rings (SSSR count). The maximum absolute atomic E-state index is 6.22. The summed E-state index contributed by atoms with van der Waals surface area (Å²) in [6.45, 7) is 23.0. The minimum Gasteiger partial charge on any atom is -0.416 e. The minimum absolute atomic E-state index is 0.319. The molecule has 0 aromatic carbocycles. The standard InChI is InChI=1S/C14H31N2OSi/c1-7-15-8-10-16(11-9-15)12-13-17-18(5,6)14(2,3)4/h1,7-13H2,2-6H3. The smallest absolute Gasteiger partial charge is 0.192 e. The van der Waals surface area contributed by atoms with Gasteiger partial charge < -0.3 is 9.33 Å². The van der Waals surface area contributed by atoms with Gasteiger partial charge in [0.25, 0.3) is 0 Å². The molecule has 0 bridgehead atoms. The third-order valence-electron chi connectivity index (χ3n) is 4.46. The van der Waals surface area contributed by atoms with Crippen molar-refractivity contribution in [2.45, 2.75) is 38.9 Å². The van der Waals surface area contributed by atoms with Crippen molar-refractivity contribution in [1.29, 1.82) is 0 Å². The molecule has 1 fully saturated rings. The molecule has 1 saturated heterocycles. The van der Waals surface area contributed by atoms with Crippen molar-refractivity contribution in [3.05, 3.63) is 6.92 Å². The SMILES string of the molecule is [CH2]CN1CCN(CCO[Si](C)(C)C(C)(C)C)CC1. The Morgan fingerprint density at radius 1 is 1.06 bits per heavy atom. The van der Waals surface area contributed by atoms with E-state index in [4.69, 9.17) is 4.43 Å². The van der Waals surface area contributed by atoms with Gasteiger partial charge in [0, 0.05) is 39.3 Å². The lowest BCUT2D eigenvalue weighted by molar-refractivity contribution is 0.121. The second-order valence-electron chi connectivity index (χ2n) is 6.79. The molecule has 0 aliphatic carbocycles. The Morgan fingerprint density at radius 3 is 2.00 bits per heavy atom. The molecule has 18 heavy (non-hydrogen) atoms. The van der Waals surface area contributed by atoms with Gasteiger partial charge >= 0.3 is 0 Å². The summed E-state index contributed by atoms with van der Waals surface area (Å²) in [7, 11) is -1.56. The molecule has 0 amide bonds. The van der Waals surface area contributed by atoms with E-state index in [2.05, 4.69) is 50.6 Å². The Balaban J connectivity index is 2.23. The van der Waals surface area contributed by atoms with Crippen LogP contribution in [-0.4, -0.2) is 64.0 Å². The first-order valence-corrected chi connectivity index (χ1v) is 10.0. The lowest BCUT2D eigenvalue weighted by Crippen LogP contribution is -2.48. The highest BCUT2D eigenvalue weighted by molar-refractivity contribution is 6.74. The summed E-state index contributed by atoms with van der Waals surface area (Å²) in [6.07, 6.45) is 0. The zero-order valence-corrected chi connectivity index (χ0v) is 14.0. The van der Waals surface area contributed by atoms with Crippen molar-refractivity contribution in [3.63, 3.8) is 0 Å². The number of nitrogens with zero attached hydrogens (tertiary/aromatic N) is 2. The van der Waals surface area contributed by atoms with Crippen molar-refractivity contribution in [1.82, 2.24) is 9.80 Å². The molecule has 1 aliphatic heterocycles. The second-order valence-corrected chi connectivity index (χ2v) is 11.6. The largest absolute Gasteiger partial charge is 0.416 e. The summed E-state index contributed by atoms with van der Waals surface area (Å²) in [5, 5.41) is 0.319. The van der Waals surface area contributed by atoms with Gasteiger partial charge in [-0.1, -0.05) is 20.8 Å². The quantitative estimate of drug-likeness (QED) is 0.715. The fourth-order valence-corrected chi connectivity index (χ4v) is 2.92. The molecule has 107 valence electrons. The Kier molecular flexibility index (Phi) is 5.84.